The SMILES string of the molecule is CCC(C)C(=O)N[C@@H]1CCC[C@@]1(C)O. The molecule has 3 heteroatoms. The van der Waals surface area contributed by atoms with E-state index in [1.807, 2.05) is 20.8 Å². The highest BCUT2D eigenvalue weighted by atomic mass is 16.3. The van der Waals surface area contributed by atoms with Crippen LogP contribution in [0.4, 0.5) is 0 Å². The van der Waals surface area contributed by atoms with Crippen LogP contribution in [0.2, 0.25) is 0 Å². The first-order chi connectivity index (χ1) is 6.47. The van der Waals surface area contributed by atoms with Crippen molar-refractivity contribution >= 4 is 5.91 Å². The molecule has 1 aliphatic carbocycles. The molecule has 1 fully saturated rings. The molecule has 0 aromatic heterocycles. The van der Waals surface area contributed by atoms with E-state index in [0.717, 1.165) is 25.7 Å². The largest absolute Gasteiger partial charge is 0.388 e. The lowest BCUT2D eigenvalue weighted by Gasteiger charge is -2.27. The molecule has 82 valence electrons. The Kier molecular flexibility index (Phi) is 3.53. The van der Waals surface area contributed by atoms with Gasteiger partial charge in [0.05, 0.1) is 11.6 Å². The Balaban J connectivity index is 2.48. The van der Waals surface area contributed by atoms with Gasteiger partial charge in [0, 0.05) is 5.92 Å². The molecule has 0 aromatic carbocycles. The van der Waals surface area contributed by atoms with Gasteiger partial charge in [-0.25, -0.2) is 0 Å². The molecular weight excluding hydrogens is 178 g/mol. The number of amides is 1. The Labute approximate surface area is 85.9 Å². The number of carbonyl (C=O) groups is 1. The third-order valence-corrected chi connectivity index (χ3v) is 3.30. The number of carbonyl (C=O) groups excluding carboxylic acids is 1. The fraction of sp³-hybridized carbons (Fsp3) is 0.909. The van der Waals surface area contributed by atoms with Gasteiger partial charge in [-0.05, 0) is 32.6 Å². The third-order valence-electron chi connectivity index (χ3n) is 3.30. The maximum Gasteiger partial charge on any atom is 0.223 e. The molecule has 0 spiro atoms. The van der Waals surface area contributed by atoms with Crippen molar-refractivity contribution in [1.82, 2.24) is 5.32 Å². The maximum atomic E-state index is 11.6. The van der Waals surface area contributed by atoms with E-state index in [4.69, 9.17) is 0 Å². The van der Waals surface area contributed by atoms with Crippen LogP contribution < -0.4 is 5.32 Å². The highest BCUT2D eigenvalue weighted by Gasteiger charge is 2.37. The van der Waals surface area contributed by atoms with Gasteiger partial charge in [-0.1, -0.05) is 13.8 Å². The number of aliphatic hydroxyl groups is 1. The zero-order valence-corrected chi connectivity index (χ0v) is 9.34. The summed E-state index contributed by atoms with van der Waals surface area (Å²) in [6.07, 6.45) is 3.53. The second kappa shape index (κ2) is 4.30. The third kappa shape index (κ3) is 2.47. The van der Waals surface area contributed by atoms with Crippen LogP contribution in [0.25, 0.3) is 0 Å². The van der Waals surface area contributed by atoms with Crippen LogP contribution in [0.1, 0.15) is 46.5 Å². The smallest absolute Gasteiger partial charge is 0.223 e. The molecule has 0 aliphatic heterocycles. The first-order valence-corrected chi connectivity index (χ1v) is 5.50. The Hall–Kier alpha value is -0.570. The fourth-order valence-electron chi connectivity index (χ4n) is 1.88. The molecule has 0 bridgehead atoms. The summed E-state index contributed by atoms with van der Waals surface area (Å²) in [5.74, 6) is 0.117. The van der Waals surface area contributed by atoms with Crippen molar-refractivity contribution < 1.29 is 9.90 Å². The van der Waals surface area contributed by atoms with E-state index in [-0.39, 0.29) is 17.9 Å². The molecule has 3 atom stereocenters. The Morgan fingerprint density at radius 2 is 2.36 bits per heavy atom. The number of hydrogen-bond acceptors (Lipinski definition) is 2. The molecule has 0 radical (unpaired) electrons. The topological polar surface area (TPSA) is 49.3 Å². The predicted octanol–water partition coefficient (Wildman–Crippen LogP) is 1.45. The van der Waals surface area contributed by atoms with Gasteiger partial charge in [-0.3, -0.25) is 4.79 Å². The Bertz CT molecular complexity index is 213. The summed E-state index contributed by atoms with van der Waals surface area (Å²) in [5, 5.41) is 12.9. The van der Waals surface area contributed by atoms with E-state index in [1.165, 1.54) is 0 Å². The van der Waals surface area contributed by atoms with E-state index >= 15 is 0 Å². The van der Waals surface area contributed by atoms with Crippen molar-refractivity contribution in [2.45, 2.75) is 58.1 Å². The van der Waals surface area contributed by atoms with Gasteiger partial charge in [0.1, 0.15) is 0 Å². The number of nitrogens with one attached hydrogen (secondary N) is 1. The molecule has 1 aliphatic rings. The zero-order chi connectivity index (χ0) is 10.8. The normalized spacial score (nSPS) is 34.1. The summed E-state index contributed by atoms with van der Waals surface area (Å²) in [5.41, 5.74) is -0.705. The van der Waals surface area contributed by atoms with Gasteiger partial charge in [-0.15, -0.1) is 0 Å². The van der Waals surface area contributed by atoms with Gasteiger partial charge in [0.2, 0.25) is 5.91 Å². The second-order valence-electron chi connectivity index (χ2n) is 4.62. The lowest BCUT2D eigenvalue weighted by atomic mass is 9.99. The molecule has 0 saturated heterocycles. The fourth-order valence-corrected chi connectivity index (χ4v) is 1.88. The summed E-state index contributed by atoms with van der Waals surface area (Å²) in [6.45, 7) is 5.72. The van der Waals surface area contributed by atoms with Crippen molar-refractivity contribution in [2.75, 3.05) is 0 Å². The summed E-state index contributed by atoms with van der Waals surface area (Å²) in [7, 11) is 0. The van der Waals surface area contributed by atoms with E-state index in [2.05, 4.69) is 5.32 Å². The molecule has 1 saturated carbocycles. The van der Waals surface area contributed by atoms with E-state index in [1.54, 1.807) is 0 Å². The van der Waals surface area contributed by atoms with Crippen LogP contribution in [-0.2, 0) is 4.79 Å². The van der Waals surface area contributed by atoms with Crippen molar-refractivity contribution in [2.24, 2.45) is 5.92 Å². The van der Waals surface area contributed by atoms with E-state index in [0.29, 0.717) is 0 Å². The lowest BCUT2D eigenvalue weighted by molar-refractivity contribution is -0.126. The zero-order valence-electron chi connectivity index (χ0n) is 9.34. The number of rotatable bonds is 3. The van der Waals surface area contributed by atoms with Crippen LogP contribution in [0.3, 0.4) is 0 Å². The molecule has 1 unspecified atom stereocenters. The first kappa shape index (κ1) is 11.5. The van der Waals surface area contributed by atoms with Gasteiger partial charge in [-0.2, -0.15) is 0 Å². The van der Waals surface area contributed by atoms with Crippen LogP contribution in [0, 0.1) is 5.92 Å². The summed E-state index contributed by atoms with van der Waals surface area (Å²) >= 11 is 0. The molecule has 2 N–H and O–H groups in total. The lowest BCUT2D eigenvalue weighted by Crippen LogP contribution is -2.48. The minimum atomic E-state index is -0.705. The Morgan fingerprint density at radius 3 is 2.79 bits per heavy atom. The first-order valence-electron chi connectivity index (χ1n) is 5.50. The van der Waals surface area contributed by atoms with Crippen molar-refractivity contribution in [3.63, 3.8) is 0 Å². The van der Waals surface area contributed by atoms with Gasteiger partial charge in [0.25, 0.3) is 0 Å². The average molecular weight is 199 g/mol. The van der Waals surface area contributed by atoms with Crippen LogP contribution in [0.5, 0.6) is 0 Å². The van der Waals surface area contributed by atoms with Gasteiger partial charge < -0.3 is 10.4 Å². The van der Waals surface area contributed by atoms with Gasteiger partial charge >= 0.3 is 0 Å². The monoisotopic (exact) mass is 199 g/mol. The standard InChI is InChI=1S/C11H21NO2/c1-4-8(2)10(13)12-9-6-5-7-11(9,3)14/h8-9,14H,4-7H2,1-3H3,(H,12,13)/t8?,9-,11-/m1/s1. The van der Waals surface area contributed by atoms with Gasteiger partial charge in [0.15, 0.2) is 0 Å². The highest BCUT2D eigenvalue weighted by Crippen LogP contribution is 2.29. The van der Waals surface area contributed by atoms with Crippen molar-refractivity contribution in [3.05, 3.63) is 0 Å². The van der Waals surface area contributed by atoms with Crippen LogP contribution in [0.15, 0.2) is 0 Å². The second-order valence-corrected chi connectivity index (χ2v) is 4.62. The minimum Gasteiger partial charge on any atom is -0.388 e. The molecule has 1 rings (SSSR count). The van der Waals surface area contributed by atoms with Crippen LogP contribution in [-0.4, -0.2) is 22.7 Å². The molecule has 0 heterocycles. The highest BCUT2D eigenvalue weighted by molar-refractivity contribution is 5.78. The minimum absolute atomic E-state index is 0.0476. The van der Waals surface area contributed by atoms with E-state index in [9.17, 15) is 9.90 Å². The quantitative estimate of drug-likeness (QED) is 0.723. The van der Waals surface area contributed by atoms with Crippen molar-refractivity contribution in [1.29, 1.82) is 0 Å². The van der Waals surface area contributed by atoms with Crippen molar-refractivity contribution in [3.8, 4) is 0 Å². The molecule has 3 nitrogen and oxygen atoms in total. The summed E-state index contributed by atoms with van der Waals surface area (Å²) in [6, 6.07) is -0.0519. The molecule has 1 amide bonds. The maximum absolute atomic E-state index is 11.6. The van der Waals surface area contributed by atoms with Crippen LogP contribution >= 0.6 is 0 Å². The molecule has 14 heavy (non-hydrogen) atoms. The summed E-state index contributed by atoms with van der Waals surface area (Å²) < 4.78 is 0. The average Bonchev–Trinajstić information content (AvgIpc) is 2.44. The molecular formula is C11H21NO2. The molecule has 0 aromatic rings. The number of hydrogen-bond donors (Lipinski definition) is 2. The predicted molar refractivity (Wildman–Crippen MR) is 55.9 cm³/mol. The Morgan fingerprint density at radius 1 is 1.71 bits per heavy atom. The van der Waals surface area contributed by atoms with E-state index < -0.39 is 5.60 Å². The summed E-state index contributed by atoms with van der Waals surface area (Å²) in [4.78, 5) is 11.6.